The van der Waals surface area contributed by atoms with E-state index >= 15 is 0 Å². The van der Waals surface area contributed by atoms with Crippen LogP contribution in [0, 0.1) is 0 Å². The zero-order valence-electron chi connectivity index (χ0n) is 12.6. The lowest BCUT2D eigenvalue weighted by atomic mass is 10.2. The molecule has 0 aliphatic rings. The first-order valence-electron chi connectivity index (χ1n) is 7.17. The van der Waals surface area contributed by atoms with Crippen LogP contribution in [0.2, 0.25) is 0 Å². The molecule has 0 aliphatic carbocycles. The quantitative estimate of drug-likeness (QED) is 0.745. The van der Waals surface area contributed by atoms with Gasteiger partial charge in [-0.3, -0.25) is 0 Å². The number of methoxy groups -OCH3 is 1. The molecule has 2 rings (SSSR count). The molecular weight excluding hydrogens is 284 g/mol. The zero-order valence-corrected chi connectivity index (χ0v) is 13.4. The predicted molar refractivity (Wildman–Crippen MR) is 88.0 cm³/mol. The number of ether oxygens (including phenoxy) is 1. The molecule has 0 aliphatic heterocycles. The van der Waals surface area contributed by atoms with Crippen molar-refractivity contribution in [3.05, 3.63) is 34.3 Å². The highest BCUT2D eigenvalue weighted by molar-refractivity contribution is 7.07. The fourth-order valence-corrected chi connectivity index (χ4v) is 2.60. The van der Waals surface area contributed by atoms with Crippen LogP contribution in [-0.2, 0) is 17.8 Å². The average Bonchev–Trinajstić information content (AvgIpc) is 2.99. The Morgan fingerprint density at radius 1 is 1.19 bits per heavy atom. The molecule has 2 aromatic rings. The topological polar surface area (TPSA) is 59.1 Å². The zero-order chi connectivity index (χ0) is 14.9. The minimum atomic E-state index is 0.418. The molecule has 0 unspecified atom stereocenters. The van der Waals surface area contributed by atoms with Crippen molar-refractivity contribution in [1.29, 1.82) is 0 Å². The maximum Gasteiger partial charge on any atom is 0.158 e. The van der Waals surface area contributed by atoms with Gasteiger partial charge in [0.1, 0.15) is 18.2 Å². The molecule has 2 N–H and O–H groups in total. The minimum absolute atomic E-state index is 0.418. The van der Waals surface area contributed by atoms with Crippen molar-refractivity contribution >= 4 is 23.0 Å². The highest BCUT2D eigenvalue weighted by Gasteiger charge is 2.04. The smallest absolute Gasteiger partial charge is 0.158 e. The second-order valence-electron chi connectivity index (χ2n) is 4.72. The summed E-state index contributed by atoms with van der Waals surface area (Å²) in [6, 6.07) is 4.10. The van der Waals surface area contributed by atoms with Gasteiger partial charge in [0.25, 0.3) is 0 Å². The summed E-state index contributed by atoms with van der Waals surface area (Å²) in [4.78, 5) is 8.90. The lowest BCUT2D eigenvalue weighted by Crippen LogP contribution is -2.11. The van der Waals surface area contributed by atoms with Crippen LogP contribution >= 0.6 is 11.3 Å². The number of thiophene rings is 1. The Hall–Kier alpha value is -1.66. The normalized spacial score (nSPS) is 10.6. The number of nitrogens with one attached hydrogen (secondary N) is 2. The van der Waals surface area contributed by atoms with Crippen LogP contribution in [0.3, 0.4) is 0 Å². The van der Waals surface area contributed by atoms with Gasteiger partial charge in [0, 0.05) is 26.3 Å². The monoisotopic (exact) mass is 306 g/mol. The van der Waals surface area contributed by atoms with Gasteiger partial charge in [-0.15, -0.1) is 0 Å². The lowest BCUT2D eigenvalue weighted by Gasteiger charge is -2.10. The maximum atomic E-state index is 5.13. The van der Waals surface area contributed by atoms with E-state index in [0.29, 0.717) is 12.4 Å². The van der Waals surface area contributed by atoms with Crippen LogP contribution in [0.5, 0.6) is 0 Å². The fourth-order valence-electron chi connectivity index (χ4n) is 1.89. The van der Waals surface area contributed by atoms with Gasteiger partial charge >= 0.3 is 0 Å². The summed E-state index contributed by atoms with van der Waals surface area (Å²) in [5, 5.41) is 10.9. The maximum absolute atomic E-state index is 5.13. The SMILES string of the molecule is CCCNc1cc(NCCc2ccsc2)nc(COC)n1. The molecule has 0 aromatic carbocycles. The highest BCUT2D eigenvalue weighted by Crippen LogP contribution is 2.13. The highest BCUT2D eigenvalue weighted by atomic mass is 32.1. The van der Waals surface area contributed by atoms with Crippen molar-refractivity contribution in [2.45, 2.75) is 26.4 Å². The van der Waals surface area contributed by atoms with Crippen molar-refractivity contribution in [2.75, 3.05) is 30.8 Å². The standard InChI is InChI=1S/C15H22N4OS/c1-3-6-16-13-9-14(19-15(18-13)10-20-2)17-7-4-12-5-8-21-11-12/h5,8-9,11H,3-4,6-7,10H2,1-2H3,(H2,16,17,18,19). The van der Waals surface area contributed by atoms with E-state index in [4.69, 9.17) is 4.74 Å². The van der Waals surface area contributed by atoms with E-state index in [0.717, 1.165) is 37.6 Å². The third kappa shape index (κ3) is 5.32. The Bertz CT molecular complexity index is 530. The number of hydrogen-bond donors (Lipinski definition) is 2. The lowest BCUT2D eigenvalue weighted by molar-refractivity contribution is 0.178. The number of anilines is 2. The molecule has 114 valence electrons. The Balaban J connectivity index is 1.97. The van der Waals surface area contributed by atoms with Crippen LogP contribution in [0.25, 0.3) is 0 Å². The van der Waals surface area contributed by atoms with Crippen LogP contribution in [-0.4, -0.2) is 30.2 Å². The second-order valence-corrected chi connectivity index (χ2v) is 5.50. The second kappa shape index (κ2) is 8.59. The summed E-state index contributed by atoms with van der Waals surface area (Å²) < 4.78 is 5.13. The number of nitrogens with zero attached hydrogens (tertiary/aromatic N) is 2. The first-order valence-corrected chi connectivity index (χ1v) is 8.11. The van der Waals surface area contributed by atoms with E-state index < -0.39 is 0 Å². The van der Waals surface area contributed by atoms with Gasteiger partial charge in [-0.25, -0.2) is 9.97 Å². The Labute approximate surface area is 129 Å². The number of aromatic nitrogens is 2. The average molecular weight is 306 g/mol. The molecule has 5 nitrogen and oxygen atoms in total. The molecule has 0 amide bonds. The minimum Gasteiger partial charge on any atom is -0.377 e. The summed E-state index contributed by atoms with van der Waals surface area (Å²) >= 11 is 1.73. The van der Waals surface area contributed by atoms with Crippen molar-refractivity contribution in [3.63, 3.8) is 0 Å². The molecule has 2 heterocycles. The summed E-state index contributed by atoms with van der Waals surface area (Å²) in [6.45, 7) is 4.30. The van der Waals surface area contributed by atoms with Crippen LogP contribution in [0.4, 0.5) is 11.6 Å². The molecule has 21 heavy (non-hydrogen) atoms. The van der Waals surface area contributed by atoms with Gasteiger partial charge in [-0.2, -0.15) is 11.3 Å². The number of hydrogen-bond acceptors (Lipinski definition) is 6. The fraction of sp³-hybridized carbons (Fsp3) is 0.467. The number of rotatable bonds is 9. The van der Waals surface area contributed by atoms with Gasteiger partial charge in [-0.05, 0) is 35.2 Å². The molecule has 6 heteroatoms. The largest absolute Gasteiger partial charge is 0.377 e. The summed E-state index contributed by atoms with van der Waals surface area (Å²) in [5.41, 5.74) is 1.35. The van der Waals surface area contributed by atoms with Crippen LogP contribution in [0.15, 0.2) is 22.9 Å². The van der Waals surface area contributed by atoms with E-state index in [2.05, 4.69) is 44.4 Å². The first-order chi connectivity index (χ1) is 10.3. The molecular formula is C15H22N4OS. The third-order valence-electron chi connectivity index (χ3n) is 2.90. The van der Waals surface area contributed by atoms with Crippen molar-refractivity contribution in [3.8, 4) is 0 Å². The van der Waals surface area contributed by atoms with Crippen LogP contribution < -0.4 is 10.6 Å². The Morgan fingerprint density at radius 2 is 1.95 bits per heavy atom. The van der Waals surface area contributed by atoms with Gasteiger partial charge < -0.3 is 15.4 Å². The van der Waals surface area contributed by atoms with E-state index in [9.17, 15) is 0 Å². The molecule has 0 saturated heterocycles. The Morgan fingerprint density at radius 3 is 2.57 bits per heavy atom. The van der Waals surface area contributed by atoms with Gasteiger partial charge in [0.15, 0.2) is 5.82 Å². The molecule has 0 spiro atoms. The van der Waals surface area contributed by atoms with E-state index in [1.165, 1.54) is 5.56 Å². The van der Waals surface area contributed by atoms with Crippen molar-refractivity contribution in [1.82, 2.24) is 9.97 Å². The molecule has 2 aromatic heterocycles. The first kappa shape index (κ1) is 15.7. The van der Waals surface area contributed by atoms with Gasteiger partial charge in [-0.1, -0.05) is 6.92 Å². The summed E-state index contributed by atoms with van der Waals surface area (Å²) in [6.07, 6.45) is 2.05. The molecule has 0 fully saturated rings. The molecule has 0 bridgehead atoms. The Kier molecular flexibility index (Phi) is 6.43. The van der Waals surface area contributed by atoms with E-state index in [1.807, 2.05) is 6.07 Å². The third-order valence-corrected chi connectivity index (χ3v) is 3.63. The van der Waals surface area contributed by atoms with E-state index in [-0.39, 0.29) is 0 Å². The van der Waals surface area contributed by atoms with Gasteiger partial charge in [0.05, 0.1) is 0 Å². The van der Waals surface area contributed by atoms with Crippen molar-refractivity contribution < 1.29 is 4.74 Å². The van der Waals surface area contributed by atoms with E-state index in [1.54, 1.807) is 18.4 Å². The van der Waals surface area contributed by atoms with Gasteiger partial charge in [0.2, 0.25) is 0 Å². The summed E-state index contributed by atoms with van der Waals surface area (Å²) in [5.74, 6) is 2.37. The van der Waals surface area contributed by atoms with Crippen LogP contribution in [0.1, 0.15) is 24.7 Å². The van der Waals surface area contributed by atoms with Crippen molar-refractivity contribution in [2.24, 2.45) is 0 Å². The predicted octanol–water partition coefficient (Wildman–Crippen LogP) is 3.16. The molecule has 0 radical (unpaired) electrons. The molecule has 0 saturated carbocycles. The molecule has 0 atom stereocenters. The summed E-state index contributed by atoms with van der Waals surface area (Å²) in [7, 11) is 1.65.